The number of aliphatic hydroxyl groups excluding tert-OH is 2. The van der Waals surface area contributed by atoms with Gasteiger partial charge in [0.15, 0.2) is 0 Å². The largest absolute Gasteiger partial charge is 0.497 e. The lowest BCUT2D eigenvalue weighted by molar-refractivity contribution is -0.0201. The third kappa shape index (κ3) is 5.29. The van der Waals surface area contributed by atoms with Gasteiger partial charge in [0.2, 0.25) is 10.0 Å². The quantitative estimate of drug-likeness (QED) is 0.468. The standard InChI is InChI=1S/C22H30N4O6S/c1-31-16-5-7-17(8-6-16)33(29,30)24-14-18-21(22(28)19(15-27)32-18)26-12-10-25(11-13-26)20-4-2-3-9-23-20/h2-9,18-19,21-22,24,27-28H,10-15H2,1H3. The highest BCUT2D eigenvalue weighted by Gasteiger charge is 2.47. The topological polar surface area (TPSA) is 124 Å². The molecular weight excluding hydrogens is 448 g/mol. The summed E-state index contributed by atoms with van der Waals surface area (Å²) in [7, 11) is -2.27. The molecule has 33 heavy (non-hydrogen) atoms. The minimum absolute atomic E-state index is 0.0208. The molecule has 2 aliphatic rings. The first kappa shape index (κ1) is 23.9. The molecule has 0 aliphatic carbocycles. The van der Waals surface area contributed by atoms with Crippen molar-refractivity contribution in [2.45, 2.75) is 29.2 Å². The van der Waals surface area contributed by atoms with Gasteiger partial charge in [-0.05, 0) is 36.4 Å². The van der Waals surface area contributed by atoms with Crippen molar-refractivity contribution in [1.82, 2.24) is 14.6 Å². The van der Waals surface area contributed by atoms with Crippen LogP contribution in [0.25, 0.3) is 0 Å². The fraction of sp³-hybridized carbons (Fsp3) is 0.500. The van der Waals surface area contributed by atoms with Crippen LogP contribution in [0, 0.1) is 0 Å². The molecule has 2 aromatic rings. The van der Waals surface area contributed by atoms with E-state index in [1.165, 1.54) is 19.2 Å². The Morgan fingerprint density at radius 3 is 2.45 bits per heavy atom. The SMILES string of the molecule is COc1ccc(S(=O)(=O)NCC2OC(CO)C(O)C2N2CCN(c3ccccn3)CC2)cc1. The maximum atomic E-state index is 12.8. The number of pyridine rings is 1. The van der Waals surface area contributed by atoms with E-state index in [1.807, 2.05) is 18.2 Å². The number of hydrogen-bond acceptors (Lipinski definition) is 9. The molecule has 4 unspecified atom stereocenters. The summed E-state index contributed by atoms with van der Waals surface area (Å²) < 4.78 is 39.0. The summed E-state index contributed by atoms with van der Waals surface area (Å²) in [5.74, 6) is 1.46. The summed E-state index contributed by atoms with van der Waals surface area (Å²) in [6.07, 6.45) is -0.537. The Morgan fingerprint density at radius 1 is 1.12 bits per heavy atom. The van der Waals surface area contributed by atoms with Crippen molar-refractivity contribution in [3.05, 3.63) is 48.7 Å². The van der Waals surface area contributed by atoms with Gasteiger partial charge in [-0.3, -0.25) is 4.90 Å². The first-order chi connectivity index (χ1) is 15.9. The number of hydrogen-bond donors (Lipinski definition) is 3. The highest BCUT2D eigenvalue weighted by atomic mass is 32.2. The van der Waals surface area contributed by atoms with Gasteiger partial charge in [0.25, 0.3) is 0 Å². The van der Waals surface area contributed by atoms with E-state index < -0.39 is 34.4 Å². The Labute approximate surface area is 193 Å². The second-order valence-electron chi connectivity index (χ2n) is 8.12. The second-order valence-corrected chi connectivity index (χ2v) is 9.88. The zero-order chi connectivity index (χ0) is 23.4. The summed E-state index contributed by atoms with van der Waals surface area (Å²) in [6.45, 7) is 2.38. The minimum atomic E-state index is -3.78. The van der Waals surface area contributed by atoms with Gasteiger partial charge >= 0.3 is 0 Å². The van der Waals surface area contributed by atoms with Crippen LogP contribution in [0.15, 0.2) is 53.6 Å². The zero-order valence-electron chi connectivity index (χ0n) is 18.4. The number of benzene rings is 1. The number of methoxy groups -OCH3 is 1. The molecule has 0 saturated carbocycles. The van der Waals surface area contributed by atoms with E-state index in [9.17, 15) is 18.6 Å². The van der Waals surface area contributed by atoms with Gasteiger partial charge in [-0.25, -0.2) is 18.1 Å². The molecule has 2 fully saturated rings. The number of aliphatic hydroxyl groups is 2. The molecule has 2 saturated heterocycles. The molecule has 1 aromatic heterocycles. The predicted molar refractivity (Wildman–Crippen MR) is 122 cm³/mol. The van der Waals surface area contributed by atoms with Crippen LogP contribution in [-0.2, 0) is 14.8 Å². The average Bonchev–Trinajstić information content (AvgIpc) is 3.18. The summed E-state index contributed by atoms with van der Waals surface area (Å²) in [5, 5.41) is 20.5. The van der Waals surface area contributed by atoms with Crippen molar-refractivity contribution < 1.29 is 28.1 Å². The molecule has 0 radical (unpaired) electrons. The number of ether oxygens (including phenoxy) is 2. The third-order valence-corrected chi connectivity index (χ3v) is 7.63. The van der Waals surface area contributed by atoms with Crippen LogP contribution in [0.1, 0.15) is 0 Å². The van der Waals surface area contributed by atoms with Gasteiger partial charge in [-0.1, -0.05) is 6.07 Å². The van der Waals surface area contributed by atoms with Crippen molar-refractivity contribution in [2.24, 2.45) is 0 Å². The van der Waals surface area contributed by atoms with E-state index in [2.05, 4.69) is 19.5 Å². The molecule has 0 amide bonds. The van der Waals surface area contributed by atoms with Gasteiger partial charge in [-0.2, -0.15) is 0 Å². The number of nitrogens with zero attached hydrogens (tertiary/aromatic N) is 3. The first-order valence-electron chi connectivity index (χ1n) is 10.9. The average molecular weight is 479 g/mol. The number of aromatic nitrogens is 1. The highest BCUT2D eigenvalue weighted by molar-refractivity contribution is 7.89. The fourth-order valence-corrected chi connectivity index (χ4v) is 5.46. The van der Waals surface area contributed by atoms with E-state index >= 15 is 0 Å². The van der Waals surface area contributed by atoms with Crippen LogP contribution < -0.4 is 14.4 Å². The predicted octanol–water partition coefficient (Wildman–Crippen LogP) is -0.320. The first-order valence-corrected chi connectivity index (χ1v) is 12.4. The van der Waals surface area contributed by atoms with E-state index in [0.717, 1.165) is 5.82 Å². The molecule has 1 aromatic carbocycles. The number of anilines is 1. The third-order valence-electron chi connectivity index (χ3n) is 6.19. The molecular formula is C22H30N4O6S. The van der Waals surface area contributed by atoms with Crippen LogP contribution in [0.3, 0.4) is 0 Å². The van der Waals surface area contributed by atoms with E-state index in [1.54, 1.807) is 18.3 Å². The number of piperazine rings is 1. The van der Waals surface area contributed by atoms with Crippen molar-refractivity contribution in [3.8, 4) is 5.75 Å². The lowest BCUT2D eigenvalue weighted by Crippen LogP contribution is -2.57. The van der Waals surface area contributed by atoms with Crippen molar-refractivity contribution >= 4 is 15.8 Å². The number of rotatable bonds is 8. The van der Waals surface area contributed by atoms with Crippen LogP contribution in [0.4, 0.5) is 5.82 Å². The fourth-order valence-electron chi connectivity index (χ4n) is 4.42. The van der Waals surface area contributed by atoms with Crippen molar-refractivity contribution in [2.75, 3.05) is 51.3 Å². The monoisotopic (exact) mass is 478 g/mol. The van der Waals surface area contributed by atoms with Gasteiger partial charge in [-0.15, -0.1) is 0 Å². The van der Waals surface area contributed by atoms with E-state index in [0.29, 0.717) is 31.9 Å². The molecule has 3 heterocycles. The van der Waals surface area contributed by atoms with E-state index in [-0.39, 0.29) is 18.0 Å². The lowest BCUT2D eigenvalue weighted by Gasteiger charge is -2.40. The molecule has 4 atom stereocenters. The van der Waals surface area contributed by atoms with Crippen LogP contribution in [0.5, 0.6) is 5.75 Å². The maximum Gasteiger partial charge on any atom is 0.240 e. The van der Waals surface area contributed by atoms with Gasteiger partial charge in [0.05, 0.1) is 30.8 Å². The summed E-state index contributed by atoms with van der Waals surface area (Å²) >= 11 is 0. The van der Waals surface area contributed by atoms with Crippen molar-refractivity contribution in [1.29, 1.82) is 0 Å². The van der Waals surface area contributed by atoms with Crippen LogP contribution in [-0.4, -0.2) is 99.3 Å². The summed E-state index contributed by atoms with van der Waals surface area (Å²) in [5.41, 5.74) is 0. The second kappa shape index (κ2) is 10.3. The van der Waals surface area contributed by atoms with Gasteiger partial charge in [0.1, 0.15) is 23.8 Å². The molecule has 3 N–H and O–H groups in total. The highest BCUT2D eigenvalue weighted by Crippen LogP contribution is 2.28. The number of nitrogens with one attached hydrogen (secondary N) is 1. The maximum absolute atomic E-state index is 12.8. The summed E-state index contributed by atoms with van der Waals surface area (Å²) in [6, 6.07) is 11.4. The molecule has 11 heteroatoms. The smallest absolute Gasteiger partial charge is 0.240 e. The number of sulfonamides is 1. The molecule has 0 spiro atoms. The lowest BCUT2D eigenvalue weighted by atomic mass is 10.0. The summed E-state index contributed by atoms with van der Waals surface area (Å²) in [4.78, 5) is 8.78. The Hall–Kier alpha value is -2.28. The molecule has 4 rings (SSSR count). The zero-order valence-corrected chi connectivity index (χ0v) is 19.3. The Balaban J connectivity index is 1.42. The van der Waals surface area contributed by atoms with E-state index in [4.69, 9.17) is 9.47 Å². The Bertz CT molecular complexity index is 999. The van der Waals surface area contributed by atoms with Crippen LogP contribution in [0.2, 0.25) is 0 Å². The molecule has 0 bridgehead atoms. The van der Waals surface area contributed by atoms with Crippen LogP contribution >= 0.6 is 0 Å². The Morgan fingerprint density at radius 2 is 1.85 bits per heavy atom. The minimum Gasteiger partial charge on any atom is -0.497 e. The van der Waals surface area contributed by atoms with Gasteiger partial charge in [0, 0.05) is 38.9 Å². The molecule has 10 nitrogen and oxygen atoms in total. The van der Waals surface area contributed by atoms with Crippen molar-refractivity contribution in [3.63, 3.8) is 0 Å². The molecule has 180 valence electrons. The Kier molecular flexibility index (Phi) is 7.47. The van der Waals surface area contributed by atoms with Gasteiger partial charge < -0.3 is 24.6 Å². The molecule has 2 aliphatic heterocycles. The normalized spacial score (nSPS) is 26.5.